The van der Waals surface area contributed by atoms with Gasteiger partial charge < -0.3 is 15.4 Å². The van der Waals surface area contributed by atoms with Crippen molar-refractivity contribution in [3.8, 4) is 0 Å². The highest BCUT2D eigenvalue weighted by atomic mass is 32.2. The molecule has 0 radical (unpaired) electrons. The van der Waals surface area contributed by atoms with E-state index in [0.717, 1.165) is 40.2 Å². The van der Waals surface area contributed by atoms with E-state index in [4.69, 9.17) is 4.74 Å². The molecule has 2 amide bonds. The third kappa shape index (κ3) is 7.19. The Morgan fingerprint density at radius 1 is 0.976 bits per heavy atom. The number of esters is 1. The number of anilines is 2. The van der Waals surface area contributed by atoms with Gasteiger partial charge in [-0.3, -0.25) is 9.59 Å². The highest BCUT2D eigenvalue weighted by molar-refractivity contribution is 8.00. The maximum Gasteiger partial charge on any atom is 0.341 e. The summed E-state index contributed by atoms with van der Waals surface area (Å²) >= 11 is 2.85. The van der Waals surface area contributed by atoms with Crippen molar-refractivity contribution >= 4 is 57.6 Å². The summed E-state index contributed by atoms with van der Waals surface area (Å²) in [5.74, 6) is -0.490. The Hall–Kier alpha value is -4.14. The maximum absolute atomic E-state index is 13.3. The van der Waals surface area contributed by atoms with Crippen molar-refractivity contribution in [2.24, 2.45) is 0 Å². The molecule has 1 aliphatic rings. The number of ether oxygens (including phenoxy) is 1. The molecule has 1 aromatic heterocycles. The van der Waals surface area contributed by atoms with Crippen LogP contribution < -0.4 is 10.6 Å². The van der Waals surface area contributed by atoms with Crippen molar-refractivity contribution in [3.05, 3.63) is 118 Å². The van der Waals surface area contributed by atoms with Crippen molar-refractivity contribution in [3.63, 3.8) is 0 Å². The van der Waals surface area contributed by atoms with Crippen LogP contribution in [-0.4, -0.2) is 30.1 Å². The Bertz CT molecular complexity index is 1600. The standard InChI is InChI=1S/C34H32N2O4S2/c1-22(41-27-15-9-14-26(21-27)35-30(37)19-16-23-10-5-3-6-11-23)32(38)36-33-31(34(39)40-2)28-18-17-25(20-29(28)42-33)24-12-7-4-8-13-24/h3-16,19,21-22,25H,17-18,20H2,1-2H3,(H,35,37)(H,36,38)/b19-16+. The molecule has 1 heterocycles. The Kier molecular flexibility index (Phi) is 9.56. The van der Waals surface area contributed by atoms with Crippen molar-refractivity contribution in [2.75, 3.05) is 17.7 Å². The summed E-state index contributed by atoms with van der Waals surface area (Å²) < 4.78 is 5.11. The lowest BCUT2D eigenvalue weighted by Crippen LogP contribution is -2.23. The molecule has 214 valence electrons. The fourth-order valence-corrected chi connectivity index (χ4v) is 7.28. The van der Waals surface area contributed by atoms with Crippen molar-refractivity contribution in [1.82, 2.24) is 0 Å². The largest absolute Gasteiger partial charge is 0.465 e. The zero-order valence-electron chi connectivity index (χ0n) is 23.5. The number of carbonyl (C=O) groups is 3. The number of hydrogen-bond donors (Lipinski definition) is 2. The third-order valence-corrected chi connectivity index (χ3v) is 9.44. The molecule has 0 bridgehead atoms. The number of amides is 2. The average Bonchev–Trinajstić information content (AvgIpc) is 3.37. The number of thiophene rings is 1. The van der Waals surface area contributed by atoms with Gasteiger partial charge >= 0.3 is 5.97 Å². The van der Waals surface area contributed by atoms with Crippen LogP contribution in [0, 0.1) is 0 Å². The minimum atomic E-state index is -0.448. The van der Waals surface area contributed by atoms with Gasteiger partial charge in [-0.05, 0) is 73.1 Å². The first kappa shape index (κ1) is 29.4. The van der Waals surface area contributed by atoms with E-state index in [1.807, 2.05) is 67.6 Å². The molecule has 2 unspecified atom stereocenters. The van der Waals surface area contributed by atoms with E-state index in [0.29, 0.717) is 22.2 Å². The van der Waals surface area contributed by atoms with Crippen LogP contribution in [0.1, 0.15) is 51.2 Å². The summed E-state index contributed by atoms with van der Waals surface area (Å²) in [7, 11) is 1.37. The summed E-state index contributed by atoms with van der Waals surface area (Å²) in [5, 5.41) is 5.99. The quantitative estimate of drug-likeness (QED) is 0.118. The Balaban J connectivity index is 1.24. The second-order valence-electron chi connectivity index (χ2n) is 10.1. The van der Waals surface area contributed by atoms with Crippen molar-refractivity contribution in [1.29, 1.82) is 0 Å². The van der Waals surface area contributed by atoms with Gasteiger partial charge in [0.25, 0.3) is 0 Å². The van der Waals surface area contributed by atoms with Gasteiger partial charge in [-0.2, -0.15) is 0 Å². The molecule has 1 aliphatic carbocycles. The van der Waals surface area contributed by atoms with E-state index in [-0.39, 0.29) is 11.8 Å². The second kappa shape index (κ2) is 13.7. The van der Waals surface area contributed by atoms with Crippen molar-refractivity contribution < 1.29 is 19.1 Å². The summed E-state index contributed by atoms with van der Waals surface area (Å²) in [6.45, 7) is 1.82. The number of hydrogen-bond acceptors (Lipinski definition) is 6. The van der Waals surface area contributed by atoms with Gasteiger partial charge in [0, 0.05) is 21.5 Å². The topological polar surface area (TPSA) is 84.5 Å². The minimum Gasteiger partial charge on any atom is -0.465 e. The Morgan fingerprint density at radius 2 is 1.71 bits per heavy atom. The van der Waals surface area contributed by atoms with E-state index in [2.05, 4.69) is 34.9 Å². The molecular weight excluding hydrogens is 565 g/mol. The number of nitrogens with one attached hydrogen (secondary N) is 2. The normalized spacial score (nSPS) is 15.0. The highest BCUT2D eigenvalue weighted by Gasteiger charge is 2.31. The van der Waals surface area contributed by atoms with Gasteiger partial charge in [-0.15, -0.1) is 23.1 Å². The van der Waals surface area contributed by atoms with E-state index >= 15 is 0 Å². The number of fused-ring (bicyclic) bond motifs is 1. The van der Waals surface area contributed by atoms with Crippen LogP contribution in [-0.2, 0) is 27.2 Å². The van der Waals surface area contributed by atoms with Gasteiger partial charge in [0.05, 0.1) is 17.9 Å². The van der Waals surface area contributed by atoms with Crippen LogP contribution in [0.3, 0.4) is 0 Å². The van der Waals surface area contributed by atoms with Crippen LogP contribution in [0.2, 0.25) is 0 Å². The molecular formula is C34H32N2O4S2. The third-order valence-electron chi connectivity index (χ3n) is 7.17. The summed E-state index contributed by atoms with van der Waals surface area (Å²) in [4.78, 5) is 40.5. The fraction of sp³-hybridized carbons (Fsp3) is 0.206. The molecule has 2 atom stereocenters. The molecule has 0 spiro atoms. The first-order chi connectivity index (χ1) is 20.4. The number of benzene rings is 3. The summed E-state index contributed by atoms with van der Waals surface area (Å²) in [6.07, 6.45) is 5.77. The minimum absolute atomic E-state index is 0.205. The van der Waals surface area contributed by atoms with Gasteiger partial charge in [-0.1, -0.05) is 66.7 Å². The Labute approximate surface area is 254 Å². The number of rotatable bonds is 9. The van der Waals surface area contributed by atoms with Crippen LogP contribution >= 0.6 is 23.1 Å². The molecule has 2 N–H and O–H groups in total. The molecule has 6 nitrogen and oxygen atoms in total. The molecule has 0 aliphatic heterocycles. The van der Waals surface area contributed by atoms with Crippen LogP contribution in [0.25, 0.3) is 6.08 Å². The molecule has 0 saturated heterocycles. The lowest BCUT2D eigenvalue weighted by molar-refractivity contribution is -0.115. The summed E-state index contributed by atoms with van der Waals surface area (Å²) in [6, 6.07) is 27.4. The Morgan fingerprint density at radius 3 is 2.45 bits per heavy atom. The lowest BCUT2D eigenvalue weighted by Gasteiger charge is -2.22. The highest BCUT2D eigenvalue weighted by Crippen LogP contribution is 2.43. The number of methoxy groups -OCH3 is 1. The fourth-order valence-electron chi connectivity index (χ4n) is 5.04. The smallest absolute Gasteiger partial charge is 0.341 e. The van der Waals surface area contributed by atoms with E-state index in [9.17, 15) is 14.4 Å². The second-order valence-corrected chi connectivity index (χ2v) is 12.6. The van der Waals surface area contributed by atoms with E-state index in [1.165, 1.54) is 41.8 Å². The zero-order chi connectivity index (χ0) is 29.5. The van der Waals surface area contributed by atoms with Crippen LogP contribution in [0.5, 0.6) is 0 Å². The van der Waals surface area contributed by atoms with Crippen LogP contribution in [0.15, 0.2) is 95.9 Å². The molecule has 4 aromatic rings. The summed E-state index contributed by atoms with van der Waals surface area (Å²) in [5.41, 5.74) is 4.33. The number of thioether (sulfide) groups is 1. The molecule has 3 aromatic carbocycles. The van der Waals surface area contributed by atoms with Gasteiger partial charge in [-0.25, -0.2) is 4.79 Å². The monoisotopic (exact) mass is 596 g/mol. The molecule has 42 heavy (non-hydrogen) atoms. The van der Waals surface area contributed by atoms with E-state index < -0.39 is 11.2 Å². The average molecular weight is 597 g/mol. The first-order valence-corrected chi connectivity index (χ1v) is 15.5. The van der Waals surface area contributed by atoms with Gasteiger partial charge in [0.2, 0.25) is 11.8 Å². The van der Waals surface area contributed by atoms with Crippen molar-refractivity contribution in [2.45, 2.75) is 42.2 Å². The van der Waals surface area contributed by atoms with Gasteiger partial charge in [0.1, 0.15) is 5.00 Å². The number of carbonyl (C=O) groups excluding carboxylic acids is 3. The first-order valence-electron chi connectivity index (χ1n) is 13.8. The zero-order valence-corrected chi connectivity index (χ0v) is 25.1. The predicted molar refractivity (Wildman–Crippen MR) is 171 cm³/mol. The van der Waals surface area contributed by atoms with Gasteiger partial charge in [0.15, 0.2) is 0 Å². The van der Waals surface area contributed by atoms with E-state index in [1.54, 1.807) is 6.08 Å². The molecule has 8 heteroatoms. The molecule has 0 fully saturated rings. The van der Waals surface area contributed by atoms with Crippen LogP contribution in [0.4, 0.5) is 10.7 Å². The predicted octanol–water partition coefficient (Wildman–Crippen LogP) is 7.58. The SMILES string of the molecule is COC(=O)c1c(NC(=O)C(C)Sc2cccc(NC(=O)/C=C/c3ccccc3)c2)sc2c1CCC(c1ccccc1)C2. The molecule has 0 saturated carbocycles. The lowest BCUT2D eigenvalue weighted by atomic mass is 9.83. The maximum atomic E-state index is 13.3. The molecule has 5 rings (SSSR count).